The third-order valence-electron chi connectivity index (χ3n) is 2.90. The van der Waals surface area contributed by atoms with Crippen LogP contribution in [0.5, 0.6) is 5.75 Å². The molecule has 0 heterocycles. The largest absolute Gasteiger partial charge is 0.494 e. The fourth-order valence-corrected chi connectivity index (χ4v) is 2.67. The summed E-state index contributed by atoms with van der Waals surface area (Å²) < 4.78 is 35.5. The Balaban J connectivity index is 2.66. The predicted molar refractivity (Wildman–Crippen MR) is 83.2 cm³/mol. The first-order valence-corrected chi connectivity index (χ1v) is 7.89. The normalized spacial score (nSPS) is 12.7. The first-order valence-electron chi connectivity index (χ1n) is 7.10. The van der Waals surface area contributed by atoms with Crippen LogP contribution in [0.3, 0.4) is 0 Å². The monoisotopic (exact) mass is 365 g/mol. The summed E-state index contributed by atoms with van der Waals surface area (Å²) in [6.45, 7) is 5.13. The average Bonchev–Trinajstić information content (AvgIpc) is 2.43. The lowest BCUT2D eigenvalue weighted by Crippen LogP contribution is -2.23. The van der Waals surface area contributed by atoms with Gasteiger partial charge in [-0.05, 0) is 37.6 Å². The molecule has 0 saturated heterocycles. The average molecular weight is 366 g/mol. The quantitative estimate of drug-likeness (QED) is 0.631. The second-order valence-electron chi connectivity index (χ2n) is 4.48. The molecular weight excluding hydrogens is 344 g/mol. The van der Waals surface area contributed by atoms with E-state index in [-0.39, 0.29) is 6.04 Å². The lowest BCUT2D eigenvalue weighted by atomic mass is 10.0. The van der Waals surface area contributed by atoms with E-state index in [1.54, 1.807) is 0 Å². The highest BCUT2D eigenvalue weighted by Gasteiger charge is 2.14. The Bertz CT molecular complexity index is 419. The maximum absolute atomic E-state index is 12.0. The second-order valence-corrected chi connectivity index (χ2v) is 5.34. The smallest absolute Gasteiger partial charge is 0.261 e. The highest BCUT2D eigenvalue weighted by atomic mass is 79.9. The molecule has 0 spiro atoms. The molecule has 0 aromatic heterocycles. The summed E-state index contributed by atoms with van der Waals surface area (Å²) in [6.07, 6.45) is -1.78. The number of hydrogen-bond acceptors (Lipinski definition) is 3. The van der Waals surface area contributed by atoms with Gasteiger partial charge in [0.2, 0.25) is 0 Å². The third kappa shape index (κ3) is 6.72. The summed E-state index contributed by atoms with van der Waals surface area (Å²) in [5.74, 6) is 0.803. The van der Waals surface area contributed by atoms with Crippen LogP contribution in [0.4, 0.5) is 8.78 Å². The Morgan fingerprint density at radius 1 is 1.29 bits per heavy atom. The van der Waals surface area contributed by atoms with Crippen LogP contribution in [0, 0.1) is 0 Å². The standard InChI is InChI=1S/C15H22BrF2NO2/c1-3-19-14(7-8-20-10-15(17)18)12-6-5-11(21-4-2)9-13(12)16/h5-6,9,14-15,19H,3-4,7-8,10H2,1-2H3. The number of ether oxygens (including phenoxy) is 2. The van der Waals surface area contributed by atoms with Crippen molar-refractivity contribution in [1.82, 2.24) is 5.32 Å². The molecule has 1 N–H and O–H groups in total. The highest BCUT2D eigenvalue weighted by molar-refractivity contribution is 9.10. The molecule has 0 radical (unpaired) electrons. The number of rotatable bonds is 10. The van der Waals surface area contributed by atoms with Crippen LogP contribution in [0.25, 0.3) is 0 Å². The molecule has 1 aromatic carbocycles. The molecule has 0 fully saturated rings. The van der Waals surface area contributed by atoms with E-state index in [1.807, 2.05) is 32.0 Å². The van der Waals surface area contributed by atoms with Crippen molar-refractivity contribution >= 4 is 15.9 Å². The topological polar surface area (TPSA) is 30.5 Å². The van der Waals surface area contributed by atoms with Crippen LogP contribution < -0.4 is 10.1 Å². The minimum absolute atomic E-state index is 0.0534. The predicted octanol–water partition coefficient (Wildman–Crippen LogP) is 4.17. The zero-order valence-corrected chi connectivity index (χ0v) is 14.0. The van der Waals surface area contributed by atoms with Gasteiger partial charge in [0, 0.05) is 17.1 Å². The van der Waals surface area contributed by atoms with Crippen molar-refractivity contribution in [2.75, 3.05) is 26.4 Å². The van der Waals surface area contributed by atoms with Crippen LogP contribution in [-0.2, 0) is 4.74 Å². The van der Waals surface area contributed by atoms with Crippen molar-refractivity contribution < 1.29 is 18.3 Å². The Labute approximate surface area is 133 Å². The van der Waals surface area contributed by atoms with Crippen LogP contribution in [0.2, 0.25) is 0 Å². The molecule has 1 atom stereocenters. The molecule has 21 heavy (non-hydrogen) atoms. The Kier molecular flexibility index (Phi) is 8.80. The fraction of sp³-hybridized carbons (Fsp3) is 0.600. The Morgan fingerprint density at radius 2 is 2.05 bits per heavy atom. The molecule has 0 amide bonds. The first-order chi connectivity index (χ1) is 10.1. The summed E-state index contributed by atoms with van der Waals surface area (Å²) >= 11 is 3.54. The van der Waals surface area contributed by atoms with Crippen LogP contribution in [0.1, 0.15) is 31.9 Å². The van der Waals surface area contributed by atoms with Crippen LogP contribution >= 0.6 is 15.9 Å². The lowest BCUT2D eigenvalue weighted by Gasteiger charge is -2.20. The molecule has 0 aliphatic heterocycles. The SMILES string of the molecule is CCNC(CCOCC(F)F)c1ccc(OCC)cc1Br. The van der Waals surface area contributed by atoms with Gasteiger partial charge in [0.05, 0.1) is 6.61 Å². The lowest BCUT2D eigenvalue weighted by molar-refractivity contribution is 0.0144. The third-order valence-corrected chi connectivity index (χ3v) is 3.59. The van der Waals surface area contributed by atoms with Crippen molar-refractivity contribution in [1.29, 1.82) is 0 Å². The van der Waals surface area contributed by atoms with E-state index in [2.05, 4.69) is 21.2 Å². The summed E-state index contributed by atoms with van der Waals surface area (Å²) in [6, 6.07) is 5.87. The van der Waals surface area contributed by atoms with Crippen LogP contribution in [-0.4, -0.2) is 32.8 Å². The van der Waals surface area contributed by atoms with Gasteiger partial charge in [-0.1, -0.05) is 28.9 Å². The van der Waals surface area contributed by atoms with Gasteiger partial charge in [0.15, 0.2) is 0 Å². The summed E-state index contributed by atoms with van der Waals surface area (Å²) in [7, 11) is 0. The molecule has 6 heteroatoms. The van der Waals surface area contributed by atoms with E-state index in [0.29, 0.717) is 19.6 Å². The van der Waals surface area contributed by atoms with Gasteiger partial charge in [-0.25, -0.2) is 8.78 Å². The van der Waals surface area contributed by atoms with E-state index in [9.17, 15) is 8.78 Å². The second kappa shape index (κ2) is 10.1. The molecule has 0 aliphatic rings. The minimum atomic E-state index is -2.42. The molecule has 0 bridgehead atoms. The maximum Gasteiger partial charge on any atom is 0.261 e. The van der Waals surface area contributed by atoms with Gasteiger partial charge in [0.1, 0.15) is 12.4 Å². The van der Waals surface area contributed by atoms with Crippen LogP contribution in [0.15, 0.2) is 22.7 Å². The summed E-state index contributed by atoms with van der Waals surface area (Å²) in [5, 5.41) is 3.34. The molecule has 0 aliphatic carbocycles. The molecule has 1 rings (SSSR count). The molecule has 1 aromatic rings. The minimum Gasteiger partial charge on any atom is -0.494 e. The molecule has 0 saturated carbocycles. The van der Waals surface area contributed by atoms with E-state index in [0.717, 1.165) is 22.3 Å². The van der Waals surface area contributed by atoms with Crippen molar-refractivity contribution in [2.45, 2.75) is 32.7 Å². The molecule has 1 unspecified atom stereocenters. The van der Waals surface area contributed by atoms with Gasteiger partial charge in [-0.2, -0.15) is 0 Å². The van der Waals surface area contributed by atoms with Crippen molar-refractivity contribution in [3.63, 3.8) is 0 Å². The molecule has 120 valence electrons. The number of nitrogens with one attached hydrogen (secondary N) is 1. The van der Waals surface area contributed by atoms with E-state index in [1.165, 1.54) is 0 Å². The Morgan fingerprint density at radius 3 is 2.62 bits per heavy atom. The van der Waals surface area contributed by atoms with Gasteiger partial charge < -0.3 is 14.8 Å². The van der Waals surface area contributed by atoms with Crippen molar-refractivity contribution in [3.05, 3.63) is 28.2 Å². The van der Waals surface area contributed by atoms with E-state index >= 15 is 0 Å². The van der Waals surface area contributed by atoms with E-state index in [4.69, 9.17) is 9.47 Å². The summed E-state index contributed by atoms with van der Waals surface area (Å²) in [5.41, 5.74) is 1.07. The fourth-order valence-electron chi connectivity index (χ4n) is 2.03. The number of hydrogen-bond donors (Lipinski definition) is 1. The van der Waals surface area contributed by atoms with Gasteiger partial charge >= 0.3 is 0 Å². The number of alkyl halides is 2. The van der Waals surface area contributed by atoms with Gasteiger partial charge in [-0.15, -0.1) is 0 Å². The molecule has 3 nitrogen and oxygen atoms in total. The maximum atomic E-state index is 12.0. The van der Waals surface area contributed by atoms with Gasteiger partial charge in [-0.3, -0.25) is 0 Å². The zero-order chi connectivity index (χ0) is 15.7. The first kappa shape index (κ1) is 18.3. The van der Waals surface area contributed by atoms with Gasteiger partial charge in [0.25, 0.3) is 6.43 Å². The van der Waals surface area contributed by atoms with Crippen molar-refractivity contribution in [3.8, 4) is 5.75 Å². The van der Waals surface area contributed by atoms with Crippen molar-refractivity contribution in [2.24, 2.45) is 0 Å². The number of benzene rings is 1. The summed E-state index contributed by atoms with van der Waals surface area (Å²) in [4.78, 5) is 0. The zero-order valence-electron chi connectivity index (χ0n) is 12.4. The number of halogens is 3. The highest BCUT2D eigenvalue weighted by Crippen LogP contribution is 2.29. The van der Waals surface area contributed by atoms with E-state index < -0.39 is 13.0 Å². The Hall–Kier alpha value is -0.720. The molecular formula is C15H22BrF2NO2.